The highest BCUT2D eigenvalue weighted by molar-refractivity contribution is 5.96. The molecule has 0 atom stereocenters. The summed E-state index contributed by atoms with van der Waals surface area (Å²) in [5, 5.41) is 8.06. The predicted octanol–water partition coefficient (Wildman–Crippen LogP) is 1.96. The number of esters is 1. The average molecular weight is 333 g/mol. The summed E-state index contributed by atoms with van der Waals surface area (Å²) in [5.74, 6) is -0.826. The second-order valence-corrected chi connectivity index (χ2v) is 5.88. The number of anilines is 1. The van der Waals surface area contributed by atoms with Gasteiger partial charge in [0.05, 0.1) is 19.2 Å². The third-order valence-corrected chi connectivity index (χ3v) is 4.03. The van der Waals surface area contributed by atoms with E-state index in [1.807, 2.05) is 6.92 Å². The van der Waals surface area contributed by atoms with Gasteiger partial charge in [0.1, 0.15) is 0 Å². The zero-order chi connectivity index (χ0) is 17.5. The smallest absolute Gasteiger partial charge is 0.337 e. The number of rotatable bonds is 5. The summed E-state index contributed by atoms with van der Waals surface area (Å²) >= 11 is 0. The summed E-state index contributed by atoms with van der Waals surface area (Å²) in [5.41, 5.74) is 1.97. The molecule has 0 radical (unpaired) electrons. The van der Waals surface area contributed by atoms with Crippen LogP contribution in [0.2, 0.25) is 0 Å². The van der Waals surface area contributed by atoms with Crippen molar-refractivity contribution in [2.75, 3.05) is 19.0 Å². The minimum absolute atomic E-state index is 0.0313. The molecule has 1 aliphatic rings. The fourth-order valence-electron chi connectivity index (χ4n) is 2.74. The van der Waals surface area contributed by atoms with Crippen LogP contribution in [0.3, 0.4) is 0 Å². The van der Waals surface area contributed by atoms with Crippen LogP contribution in [0.5, 0.6) is 0 Å². The number of amides is 3. The van der Waals surface area contributed by atoms with Gasteiger partial charge in [0, 0.05) is 11.7 Å². The quantitative estimate of drug-likeness (QED) is 0.716. The lowest BCUT2D eigenvalue weighted by Gasteiger charge is -2.13. The van der Waals surface area contributed by atoms with Gasteiger partial charge in [-0.15, -0.1) is 0 Å². The Kier molecular flexibility index (Phi) is 6.17. The molecule has 1 aromatic rings. The first kappa shape index (κ1) is 17.8. The molecule has 0 saturated heterocycles. The van der Waals surface area contributed by atoms with Crippen LogP contribution in [0.25, 0.3) is 0 Å². The van der Waals surface area contributed by atoms with Gasteiger partial charge in [0.15, 0.2) is 0 Å². The Morgan fingerprint density at radius 3 is 2.54 bits per heavy atom. The van der Waals surface area contributed by atoms with Crippen molar-refractivity contribution in [3.8, 4) is 0 Å². The van der Waals surface area contributed by atoms with Crippen molar-refractivity contribution in [2.45, 2.75) is 38.6 Å². The SMILES string of the molecule is COC(=O)c1ccc(NCC(=O)NC(=O)NC2CCCC2)c(C)c1. The molecule has 130 valence electrons. The molecule has 0 bridgehead atoms. The van der Waals surface area contributed by atoms with Crippen molar-refractivity contribution >= 4 is 23.6 Å². The third-order valence-electron chi connectivity index (χ3n) is 4.03. The van der Waals surface area contributed by atoms with Gasteiger partial charge in [-0.05, 0) is 43.5 Å². The van der Waals surface area contributed by atoms with E-state index >= 15 is 0 Å². The first-order chi connectivity index (χ1) is 11.5. The summed E-state index contributed by atoms with van der Waals surface area (Å²) in [4.78, 5) is 35.0. The maximum Gasteiger partial charge on any atom is 0.337 e. The van der Waals surface area contributed by atoms with Crippen molar-refractivity contribution < 1.29 is 19.1 Å². The van der Waals surface area contributed by atoms with E-state index in [4.69, 9.17) is 0 Å². The summed E-state index contributed by atoms with van der Waals surface area (Å²) in [6.07, 6.45) is 4.15. The molecular weight excluding hydrogens is 310 g/mol. The molecule has 1 aromatic carbocycles. The number of nitrogens with one attached hydrogen (secondary N) is 3. The molecule has 0 heterocycles. The topological polar surface area (TPSA) is 96.5 Å². The average Bonchev–Trinajstić information content (AvgIpc) is 3.05. The fraction of sp³-hybridized carbons (Fsp3) is 0.471. The number of aryl methyl sites for hydroxylation is 1. The number of hydrogen-bond donors (Lipinski definition) is 3. The van der Waals surface area contributed by atoms with E-state index in [1.54, 1.807) is 18.2 Å². The number of carbonyl (C=O) groups is 3. The Balaban J connectivity index is 1.80. The number of urea groups is 1. The van der Waals surface area contributed by atoms with Crippen LogP contribution in [0.15, 0.2) is 18.2 Å². The maximum absolute atomic E-state index is 11.8. The van der Waals surface area contributed by atoms with Crippen LogP contribution in [0.1, 0.15) is 41.6 Å². The lowest BCUT2D eigenvalue weighted by molar-refractivity contribution is -0.118. The number of hydrogen-bond acceptors (Lipinski definition) is 5. The minimum atomic E-state index is -0.452. The van der Waals surface area contributed by atoms with Gasteiger partial charge in [-0.3, -0.25) is 10.1 Å². The zero-order valence-electron chi connectivity index (χ0n) is 14.0. The summed E-state index contributed by atoms with van der Waals surface area (Å²) in [6.45, 7) is 1.79. The molecular formula is C17H23N3O4. The Bertz CT molecular complexity index is 624. The van der Waals surface area contributed by atoms with Crippen molar-refractivity contribution in [2.24, 2.45) is 0 Å². The molecule has 7 nitrogen and oxygen atoms in total. The van der Waals surface area contributed by atoms with Crippen molar-refractivity contribution in [1.82, 2.24) is 10.6 Å². The predicted molar refractivity (Wildman–Crippen MR) is 89.9 cm³/mol. The normalized spacial score (nSPS) is 14.1. The van der Waals surface area contributed by atoms with Gasteiger partial charge in [0.25, 0.3) is 0 Å². The molecule has 1 aliphatic carbocycles. The number of imide groups is 1. The van der Waals surface area contributed by atoms with Crippen LogP contribution in [-0.2, 0) is 9.53 Å². The molecule has 0 unspecified atom stereocenters. The zero-order valence-corrected chi connectivity index (χ0v) is 14.0. The number of methoxy groups -OCH3 is 1. The Morgan fingerprint density at radius 1 is 1.21 bits per heavy atom. The number of benzene rings is 1. The molecule has 7 heteroatoms. The Morgan fingerprint density at radius 2 is 1.92 bits per heavy atom. The molecule has 24 heavy (non-hydrogen) atoms. The van der Waals surface area contributed by atoms with E-state index < -0.39 is 17.9 Å². The van der Waals surface area contributed by atoms with E-state index in [9.17, 15) is 14.4 Å². The molecule has 0 aromatic heterocycles. The van der Waals surface area contributed by atoms with Gasteiger partial charge < -0.3 is 15.4 Å². The van der Waals surface area contributed by atoms with Gasteiger partial charge in [-0.25, -0.2) is 9.59 Å². The monoisotopic (exact) mass is 333 g/mol. The van der Waals surface area contributed by atoms with E-state index in [2.05, 4.69) is 20.7 Å². The lowest BCUT2D eigenvalue weighted by atomic mass is 10.1. The first-order valence-electron chi connectivity index (χ1n) is 8.03. The van der Waals surface area contributed by atoms with Crippen LogP contribution in [0.4, 0.5) is 10.5 Å². The van der Waals surface area contributed by atoms with E-state index in [0.717, 1.165) is 31.2 Å². The van der Waals surface area contributed by atoms with Gasteiger partial charge in [0.2, 0.25) is 5.91 Å². The van der Waals surface area contributed by atoms with Crippen molar-refractivity contribution in [3.63, 3.8) is 0 Å². The second kappa shape index (κ2) is 8.33. The standard InChI is InChI=1S/C17H23N3O4/c1-11-9-12(16(22)24-2)7-8-14(11)18-10-15(21)20-17(23)19-13-5-3-4-6-13/h7-9,13,18H,3-6,10H2,1-2H3,(H2,19,20,21,23). The molecule has 1 saturated carbocycles. The van der Waals surface area contributed by atoms with E-state index in [0.29, 0.717) is 11.3 Å². The summed E-state index contributed by atoms with van der Waals surface area (Å²) in [6, 6.07) is 4.71. The largest absolute Gasteiger partial charge is 0.465 e. The molecule has 1 fully saturated rings. The Hall–Kier alpha value is -2.57. The highest BCUT2D eigenvalue weighted by Gasteiger charge is 2.18. The van der Waals surface area contributed by atoms with Gasteiger partial charge >= 0.3 is 12.0 Å². The van der Waals surface area contributed by atoms with Crippen molar-refractivity contribution in [3.05, 3.63) is 29.3 Å². The minimum Gasteiger partial charge on any atom is -0.465 e. The molecule has 3 N–H and O–H groups in total. The molecule has 0 aliphatic heterocycles. The molecule has 2 rings (SSSR count). The molecule has 0 spiro atoms. The summed E-state index contributed by atoms with van der Waals surface area (Å²) < 4.78 is 4.66. The van der Waals surface area contributed by atoms with Crippen LogP contribution in [-0.4, -0.2) is 37.6 Å². The van der Waals surface area contributed by atoms with Crippen LogP contribution in [0, 0.1) is 6.92 Å². The number of ether oxygens (including phenoxy) is 1. The Labute approximate surface area is 141 Å². The highest BCUT2D eigenvalue weighted by Crippen LogP contribution is 2.18. The summed E-state index contributed by atoms with van der Waals surface area (Å²) in [7, 11) is 1.32. The first-order valence-corrected chi connectivity index (χ1v) is 8.03. The van der Waals surface area contributed by atoms with E-state index in [-0.39, 0.29) is 12.6 Å². The number of carbonyl (C=O) groups excluding carboxylic acids is 3. The van der Waals surface area contributed by atoms with Crippen molar-refractivity contribution in [1.29, 1.82) is 0 Å². The highest BCUT2D eigenvalue weighted by atomic mass is 16.5. The van der Waals surface area contributed by atoms with E-state index in [1.165, 1.54) is 7.11 Å². The lowest BCUT2D eigenvalue weighted by Crippen LogP contribution is -2.45. The van der Waals surface area contributed by atoms with Gasteiger partial charge in [-0.1, -0.05) is 12.8 Å². The fourth-order valence-corrected chi connectivity index (χ4v) is 2.74. The van der Waals surface area contributed by atoms with Gasteiger partial charge in [-0.2, -0.15) is 0 Å². The van der Waals surface area contributed by atoms with Crippen LogP contribution >= 0.6 is 0 Å². The third kappa shape index (κ3) is 4.97. The molecule has 3 amide bonds. The second-order valence-electron chi connectivity index (χ2n) is 5.88. The maximum atomic E-state index is 11.8. The van der Waals surface area contributed by atoms with Crippen LogP contribution < -0.4 is 16.0 Å².